The summed E-state index contributed by atoms with van der Waals surface area (Å²) in [6.07, 6.45) is 13.8. The summed E-state index contributed by atoms with van der Waals surface area (Å²) in [7, 11) is 0. The van der Waals surface area contributed by atoms with Crippen molar-refractivity contribution in [3.05, 3.63) is 47.8 Å². The first-order chi connectivity index (χ1) is 7.38. The van der Waals surface area contributed by atoms with E-state index in [0.717, 1.165) is 37.2 Å². The zero-order valence-corrected chi connectivity index (χ0v) is 9.03. The van der Waals surface area contributed by atoms with Gasteiger partial charge in [-0.1, -0.05) is 30.7 Å². The lowest BCUT2D eigenvalue weighted by atomic mass is 10.0. The van der Waals surface area contributed by atoms with Crippen molar-refractivity contribution in [1.82, 2.24) is 0 Å². The van der Waals surface area contributed by atoms with Crippen LogP contribution in [-0.2, 0) is 9.47 Å². The quantitative estimate of drug-likeness (QED) is 0.696. The summed E-state index contributed by atoms with van der Waals surface area (Å²) in [5.74, 6) is 1.82. The number of ether oxygens (including phenoxy) is 2. The van der Waals surface area contributed by atoms with Crippen LogP contribution in [0.2, 0.25) is 0 Å². The minimum atomic E-state index is 0.863. The van der Waals surface area contributed by atoms with Gasteiger partial charge in [-0.3, -0.25) is 0 Å². The highest BCUT2D eigenvalue weighted by atomic mass is 16.5. The van der Waals surface area contributed by atoms with E-state index in [-0.39, 0.29) is 0 Å². The molecule has 0 atom stereocenters. The zero-order valence-electron chi connectivity index (χ0n) is 9.03. The molecule has 1 aliphatic carbocycles. The predicted molar refractivity (Wildman–Crippen MR) is 59.7 cm³/mol. The summed E-state index contributed by atoms with van der Waals surface area (Å²) in [6, 6.07) is 0. The molecule has 80 valence electrons. The third kappa shape index (κ3) is 2.75. The number of hydrogen-bond acceptors (Lipinski definition) is 2. The molecule has 0 aromatic rings. The van der Waals surface area contributed by atoms with Crippen LogP contribution in [0.4, 0.5) is 0 Å². The average Bonchev–Trinajstić information content (AvgIpc) is 2.31. The molecule has 1 aliphatic heterocycles. The Kier molecular flexibility index (Phi) is 3.28. The fourth-order valence-electron chi connectivity index (χ4n) is 1.66. The molecule has 0 spiro atoms. The van der Waals surface area contributed by atoms with Gasteiger partial charge in [-0.15, -0.1) is 0 Å². The van der Waals surface area contributed by atoms with Crippen LogP contribution in [0.1, 0.15) is 32.6 Å². The molecule has 0 aromatic heterocycles. The van der Waals surface area contributed by atoms with E-state index in [4.69, 9.17) is 9.47 Å². The van der Waals surface area contributed by atoms with Gasteiger partial charge in [0.25, 0.3) is 0 Å². The highest BCUT2D eigenvalue weighted by molar-refractivity contribution is 5.22. The van der Waals surface area contributed by atoms with Crippen molar-refractivity contribution < 1.29 is 9.47 Å². The highest BCUT2D eigenvalue weighted by Gasteiger charge is 2.10. The van der Waals surface area contributed by atoms with Crippen LogP contribution in [0.25, 0.3) is 0 Å². The lowest BCUT2D eigenvalue weighted by Gasteiger charge is -2.17. The summed E-state index contributed by atoms with van der Waals surface area (Å²) in [5, 5.41) is 0. The van der Waals surface area contributed by atoms with E-state index in [2.05, 4.69) is 25.2 Å². The standard InChI is InChI=1S/C13H16O2/c1-2-12-9-14-10-13(15-12)8-11-6-4-3-5-7-11/h3-4,6,9-10H,2,5,7-8H2,1H3. The van der Waals surface area contributed by atoms with Crippen molar-refractivity contribution in [1.29, 1.82) is 0 Å². The van der Waals surface area contributed by atoms with Gasteiger partial charge in [0.2, 0.25) is 0 Å². The van der Waals surface area contributed by atoms with E-state index in [0.29, 0.717) is 0 Å². The van der Waals surface area contributed by atoms with Crippen molar-refractivity contribution in [2.75, 3.05) is 0 Å². The van der Waals surface area contributed by atoms with E-state index >= 15 is 0 Å². The average molecular weight is 204 g/mol. The molecular weight excluding hydrogens is 188 g/mol. The van der Waals surface area contributed by atoms with Gasteiger partial charge in [0, 0.05) is 12.8 Å². The van der Waals surface area contributed by atoms with Crippen molar-refractivity contribution in [2.24, 2.45) is 0 Å². The topological polar surface area (TPSA) is 18.5 Å². The van der Waals surface area contributed by atoms with E-state index in [1.807, 2.05) is 0 Å². The van der Waals surface area contributed by atoms with Crippen LogP contribution in [0.3, 0.4) is 0 Å². The molecule has 2 heteroatoms. The largest absolute Gasteiger partial charge is 0.466 e. The molecule has 0 radical (unpaired) electrons. The molecule has 0 fully saturated rings. The van der Waals surface area contributed by atoms with Crippen molar-refractivity contribution in [2.45, 2.75) is 32.6 Å². The third-order valence-corrected chi connectivity index (χ3v) is 2.51. The zero-order chi connectivity index (χ0) is 10.5. The molecule has 2 nitrogen and oxygen atoms in total. The normalized spacial score (nSPS) is 19.7. The third-order valence-electron chi connectivity index (χ3n) is 2.51. The maximum atomic E-state index is 5.67. The maximum Gasteiger partial charge on any atom is 0.143 e. The second-order valence-electron chi connectivity index (χ2n) is 3.73. The lowest BCUT2D eigenvalue weighted by molar-refractivity contribution is 0.210. The molecule has 0 saturated carbocycles. The van der Waals surface area contributed by atoms with Crippen LogP contribution in [0.5, 0.6) is 0 Å². The number of rotatable bonds is 3. The van der Waals surface area contributed by atoms with Gasteiger partial charge in [-0.25, -0.2) is 0 Å². The molecule has 0 N–H and O–H groups in total. The minimum absolute atomic E-state index is 0.863. The van der Waals surface area contributed by atoms with E-state index in [9.17, 15) is 0 Å². The second kappa shape index (κ2) is 4.87. The monoisotopic (exact) mass is 204 g/mol. The highest BCUT2D eigenvalue weighted by Crippen LogP contribution is 2.25. The summed E-state index contributed by atoms with van der Waals surface area (Å²) in [6.45, 7) is 2.06. The predicted octanol–water partition coefficient (Wildman–Crippen LogP) is 3.79. The summed E-state index contributed by atoms with van der Waals surface area (Å²) in [4.78, 5) is 0. The van der Waals surface area contributed by atoms with Gasteiger partial charge in [-0.05, 0) is 12.8 Å². The molecule has 1 heterocycles. The Hall–Kier alpha value is -1.44. The first kappa shape index (κ1) is 10.1. The van der Waals surface area contributed by atoms with Crippen LogP contribution in [0, 0.1) is 0 Å². The SMILES string of the molecule is CCC1=COC=C(CC2=CC=CCC2)O1. The van der Waals surface area contributed by atoms with Crippen molar-refractivity contribution >= 4 is 0 Å². The van der Waals surface area contributed by atoms with Gasteiger partial charge >= 0.3 is 0 Å². The van der Waals surface area contributed by atoms with Gasteiger partial charge < -0.3 is 9.47 Å². The Bertz CT molecular complexity index is 346. The smallest absolute Gasteiger partial charge is 0.143 e. The van der Waals surface area contributed by atoms with Crippen molar-refractivity contribution in [3.8, 4) is 0 Å². The molecular formula is C13H16O2. The van der Waals surface area contributed by atoms with Crippen LogP contribution < -0.4 is 0 Å². The van der Waals surface area contributed by atoms with Crippen LogP contribution >= 0.6 is 0 Å². The summed E-state index contributed by atoms with van der Waals surface area (Å²) in [5.41, 5.74) is 1.41. The second-order valence-corrected chi connectivity index (χ2v) is 3.73. The molecule has 0 unspecified atom stereocenters. The first-order valence-electron chi connectivity index (χ1n) is 5.44. The molecule has 0 saturated heterocycles. The number of hydrogen-bond donors (Lipinski definition) is 0. The molecule has 15 heavy (non-hydrogen) atoms. The maximum absolute atomic E-state index is 5.67. The number of allylic oxidation sites excluding steroid dienone is 5. The Morgan fingerprint density at radius 1 is 1.27 bits per heavy atom. The Morgan fingerprint density at radius 3 is 2.87 bits per heavy atom. The van der Waals surface area contributed by atoms with Gasteiger partial charge in [0.15, 0.2) is 0 Å². The van der Waals surface area contributed by atoms with E-state index < -0.39 is 0 Å². The summed E-state index contributed by atoms with van der Waals surface area (Å²) < 4.78 is 10.9. The Labute approximate surface area is 90.6 Å². The van der Waals surface area contributed by atoms with Crippen LogP contribution in [-0.4, -0.2) is 0 Å². The minimum Gasteiger partial charge on any atom is -0.466 e. The molecule has 2 rings (SSSR count). The van der Waals surface area contributed by atoms with E-state index in [1.54, 1.807) is 12.5 Å². The molecule has 0 amide bonds. The van der Waals surface area contributed by atoms with Gasteiger partial charge in [0.05, 0.1) is 0 Å². The molecule has 0 bridgehead atoms. The lowest BCUT2D eigenvalue weighted by Crippen LogP contribution is -2.01. The fourth-order valence-corrected chi connectivity index (χ4v) is 1.66. The summed E-state index contributed by atoms with van der Waals surface area (Å²) >= 11 is 0. The van der Waals surface area contributed by atoms with Crippen LogP contribution in [0.15, 0.2) is 47.8 Å². The molecule has 0 aromatic carbocycles. The van der Waals surface area contributed by atoms with Crippen molar-refractivity contribution in [3.63, 3.8) is 0 Å². The molecule has 2 aliphatic rings. The van der Waals surface area contributed by atoms with E-state index in [1.165, 1.54) is 5.57 Å². The Morgan fingerprint density at radius 2 is 2.13 bits per heavy atom. The van der Waals surface area contributed by atoms with Gasteiger partial charge in [0.1, 0.15) is 24.0 Å². The van der Waals surface area contributed by atoms with Gasteiger partial charge in [-0.2, -0.15) is 0 Å². The first-order valence-corrected chi connectivity index (χ1v) is 5.44. The fraction of sp³-hybridized carbons (Fsp3) is 0.385. The Balaban J connectivity index is 1.93.